The number of aromatic nitrogens is 12. The second-order valence-electron chi connectivity index (χ2n) is 35.1. The van der Waals surface area contributed by atoms with E-state index in [1.54, 1.807) is 19.1 Å². The topological polar surface area (TPSA) is 107 Å². The SMILES string of the molecule is Cc1cc(C)n(-c2ccc(CCc3c(F)ccc(F)c3F)cc2)n1.Cc1cc(C)n(-c2ccc(CCc3c(F)cccc3F)cc2)n1.Cc1cc(C)n(-c2ccc(CCc3c(F)cccc3F)cc2)n1.Cc1cc(C)n(-c2ccc(CCc3ccccc3F)cc2)n1.Cc1cc(F)c(CCc2ccc(-n3nc(C)cc3C)cc2)c(F)c1.Cc1ccc(CCc2ccc(-n3nc(C)cc3C)cc2)c(F)c1. The fourth-order valence-corrected chi connectivity index (χ4v) is 16.7. The fourth-order valence-electron chi connectivity index (χ4n) is 16.7. The number of aryl methyl sites for hydroxylation is 22. The van der Waals surface area contributed by atoms with Gasteiger partial charge in [0.15, 0.2) is 11.6 Å². The van der Waals surface area contributed by atoms with Crippen LogP contribution < -0.4 is 0 Å². The Labute approximate surface area is 805 Å². The van der Waals surface area contributed by atoms with E-state index in [2.05, 4.69) is 91.3 Å². The average Bonchev–Trinajstić information content (AvgIpc) is 1.87. The molecule has 18 rings (SSSR count). The van der Waals surface area contributed by atoms with Gasteiger partial charge in [-0.25, -0.2) is 76.4 Å². The summed E-state index contributed by atoms with van der Waals surface area (Å²) in [5.41, 5.74) is 28.2. The van der Waals surface area contributed by atoms with Gasteiger partial charge in [0.2, 0.25) is 0 Å². The summed E-state index contributed by atoms with van der Waals surface area (Å²) >= 11 is 0. The first-order valence-electron chi connectivity index (χ1n) is 46.3. The quantitative estimate of drug-likeness (QED) is 0.0441. The van der Waals surface area contributed by atoms with Crippen LogP contribution in [0.5, 0.6) is 0 Å². The summed E-state index contributed by atoms with van der Waals surface area (Å²) in [6.07, 6.45) is 6.43. The molecule has 0 spiro atoms. The molecule has 0 amide bonds. The minimum atomic E-state index is -1.10. The molecule has 12 aromatic carbocycles. The highest BCUT2D eigenvalue weighted by atomic mass is 19.2. The van der Waals surface area contributed by atoms with Gasteiger partial charge >= 0.3 is 0 Å². The Kier molecular flexibility index (Phi) is 34.5. The molecule has 0 bridgehead atoms. The van der Waals surface area contributed by atoms with Gasteiger partial charge in [0, 0.05) is 56.4 Å². The van der Waals surface area contributed by atoms with Crippen molar-refractivity contribution in [2.75, 3.05) is 0 Å². The van der Waals surface area contributed by atoms with Gasteiger partial charge in [-0.1, -0.05) is 115 Å². The Hall–Kier alpha value is -14.9. The number of hydrogen-bond acceptors (Lipinski definition) is 6. The summed E-state index contributed by atoms with van der Waals surface area (Å²) in [6.45, 7) is 27.5. The zero-order chi connectivity index (χ0) is 99.3. The van der Waals surface area contributed by atoms with Crippen LogP contribution in [0.3, 0.4) is 0 Å². The second-order valence-corrected chi connectivity index (χ2v) is 35.1. The largest absolute Gasteiger partial charge is 0.238 e. The van der Waals surface area contributed by atoms with Crippen LogP contribution in [0.4, 0.5) is 48.3 Å². The predicted octanol–water partition coefficient (Wildman–Crippen LogP) is 27.8. The van der Waals surface area contributed by atoms with Gasteiger partial charge < -0.3 is 0 Å². The highest BCUT2D eigenvalue weighted by molar-refractivity contribution is 5.44. The van der Waals surface area contributed by atoms with Crippen molar-refractivity contribution >= 4 is 0 Å². The number of halogens is 11. The standard InChI is InChI=1S/C20H20F2N2.C20H21FN2.C19H17F3N2.2C19H18F2N2.C19H19FN2/c1-13-10-19(21)18(20(22)11-13)9-6-16-4-7-17(8-5-16)24-15(3)12-14(2)23-24;1-14-4-8-18(20(21)12-14)9-5-17-6-10-19(11-7-17)23-16(3)13-15(2)22-23;1-12-11-13(2)24(23-12)15-6-3-14(4-7-15)5-8-16-17(20)9-10-18(21)19(16)22;2*1-13-12-14(2)23(22-13)16-9-6-15(7-10-16)8-11-17-18(20)4-3-5-19(17)21;1-14-13-15(2)22(21-14)18-11-8-16(9-12-18)7-10-17-5-3-4-6-19(17)20/h4-5,7-8,10-12H,6,9H2,1-3H3;4,6-8,10-13H,5,9H2,1-3H3;3-4,6-7,9-11H,5,8H2,1-2H3;2*3-7,9-10,12H,8,11H2,1-2H3;3-6,8-9,11-13H,7,10H2,1-2H3. The number of rotatable bonds is 24. The summed E-state index contributed by atoms with van der Waals surface area (Å²) in [5.74, 6) is -5.93. The van der Waals surface area contributed by atoms with E-state index in [0.29, 0.717) is 63.4 Å². The molecule has 0 N–H and O–H groups in total. The van der Waals surface area contributed by atoms with Gasteiger partial charge in [-0.3, -0.25) is 0 Å². The van der Waals surface area contributed by atoms with Gasteiger partial charge in [-0.15, -0.1) is 0 Å². The van der Waals surface area contributed by atoms with Crippen molar-refractivity contribution in [3.63, 3.8) is 0 Å². The zero-order valence-corrected chi connectivity index (χ0v) is 80.6. The van der Waals surface area contributed by atoms with Crippen molar-refractivity contribution in [2.24, 2.45) is 0 Å². The van der Waals surface area contributed by atoms with Crippen LogP contribution in [0.1, 0.15) is 146 Å². The summed E-state index contributed by atoms with van der Waals surface area (Å²) < 4.78 is 162. The molecule has 0 unspecified atom stereocenters. The van der Waals surface area contributed by atoms with Gasteiger partial charge in [-0.05, 0) is 399 Å². The fraction of sp³-hybridized carbons (Fsp3) is 0.224. The molecular weight excluding hydrogens is 1770 g/mol. The number of nitrogens with zero attached hydrogens (tertiary/aromatic N) is 12. The first-order chi connectivity index (χ1) is 66.6. The smallest absolute Gasteiger partial charge is 0.164 e. The molecule has 0 saturated heterocycles. The van der Waals surface area contributed by atoms with E-state index in [9.17, 15) is 48.3 Å². The maximum Gasteiger partial charge on any atom is 0.164 e. The molecule has 0 atom stereocenters. The molecule has 0 saturated carbocycles. The molecule has 6 aromatic heterocycles. The zero-order valence-electron chi connectivity index (χ0n) is 80.6. The van der Waals surface area contributed by atoms with Crippen molar-refractivity contribution in [1.82, 2.24) is 58.7 Å². The van der Waals surface area contributed by atoms with Crippen LogP contribution in [0.2, 0.25) is 0 Å². The van der Waals surface area contributed by atoms with Crippen LogP contribution in [0.15, 0.2) is 285 Å². The van der Waals surface area contributed by atoms with E-state index < -0.39 is 52.4 Å². The lowest BCUT2D eigenvalue weighted by molar-refractivity contribution is 0.479. The Morgan fingerprint density at radius 2 is 0.396 bits per heavy atom. The van der Waals surface area contributed by atoms with Crippen molar-refractivity contribution in [3.8, 4) is 34.1 Å². The molecule has 12 nitrogen and oxygen atoms in total. The molecule has 0 fully saturated rings. The molecule has 0 radical (unpaired) electrons. The highest BCUT2D eigenvalue weighted by Crippen LogP contribution is 2.28. The van der Waals surface area contributed by atoms with E-state index in [4.69, 9.17) is 0 Å². The molecule has 0 aliphatic heterocycles. The maximum absolute atomic E-state index is 13.9. The molecule has 6 heterocycles. The van der Waals surface area contributed by atoms with Crippen LogP contribution in [0.25, 0.3) is 34.1 Å². The molecule has 0 aliphatic rings. The lowest BCUT2D eigenvalue weighted by Gasteiger charge is -2.08. The second kappa shape index (κ2) is 47.3. The van der Waals surface area contributed by atoms with Gasteiger partial charge in [0.1, 0.15) is 52.4 Å². The predicted molar refractivity (Wildman–Crippen MR) is 530 cm³/mol. The molecule has 23 heteroatoms. The minimum Gasteiger partial charge on any atom is -0.238 e. The third-order valence-electron chi connectivity index (χ3n) is 23.9. The van der Waals surface area contributed by atoms with Crippen molar-refractivity contribution < 1.29 is 48.3 Å². The average molecular weight is 1880 g/mol. The maximum atomic E-state index is 13.9. The van der Waals surface area contributed by atoms with E-state index >= 15 is 0 Å². The monoisotopic (exact) mass is 1880 g/mol. The Morgan fingerprint density at radius 3 is 0.655 bits per heavy atom. The Morgan fingerprint density at radius 1 is 0.173 bits per heavy atom. The van der Waals surface area contributed by atoms with E-state index in [1.165, 1.54) is 65.7 Å². The summed E-state index contributed by atoms with van der Waals surface area (Å²) in [5, 5.41) is 26.7. The molecule has 18 aromatic rings. The van der Waals surface area contributed by atoms with E-state index in [0.717, 1.165) is 166 Å². The van der Waals surface area contributed by atoms with Crippen molar-refractivity contribution in [3.05, 3.63) is 495 Å². The molecule has 139 heavy (non-hydrogen) atoms. The van der Waals surface area contributed by atoms with Crippen LogP contribution in [-0.4, -0.2) is 58.7 Å². The first-order valence-corrected chi connectivity index (χ1v) is 46.3. The van der Waals surface area contributed by atoms with Gasteiger partial charge in [0.25, 0.3) is 0 Å². The third-order valence-corrected chi connectivity index (χ3v) is 23.9. The van der Waals surface area contributed by atoms with Crippen LogP contribution >= 0.6 is 0 Å². The van der Waals surface area contributed by atoms with E-state index in [-0.39, 0.29) is 40.3 Å². The molecular formula is C116H113F11N12. The normalized spacial score (nSPS) is 11.0. The summed E-state index contributed by atoms with van der Waals surface area (Å²) in [4.78, 5) is 0. The van der Waals surface area contributed by atoms with Gasteiger partial charge in [0.05, 0.1) is 68.3 Å². The van der Waals surface area contributed by atoms with E-state index in [1.807, 2.05) is 264 Å². The summed E-state index contributed by atoms with van der Waals surface area (Å²) in [6, 6.07) is 85.1. The lowest BCUT2D eigenvalue weighted by Crippen LogP contribution is -2.02. The van der Waals surface area contributed by atoms with Crippen LogP contribution in [-0.2, 0) is 77.0 Å². The van der Waals surface area contributed by atoms with Crippen molar-refractivity contribution in [1.29, 1.82) is 0 Å². The first kappa shape index (κ1) is 102. The van der Waals surface area contributed by atoms with Crippen molar-refractivity contribution in [2.45, 2.75) is 174 Å². The number of hydrogen-bond donors (Lipinski definition) is 0. The Bertz CT molecular complexity index is 6960. The summed E-state index contributed by atoms with van der Waals surface area (Å²) in [7, 11) is 0. The lowest BCUT2D eigenvalue weighted by atomic mass is 10.0. The third kappa shape index (κ3) is 27.5. The van der Waals surface area contributed by atoms with Gasteiger partial charge in [-0.2, -0.15) is 30.6 Å². The number of benzene rings is 12. The minimum absolute atomic E-state index is 0.106. The highest BCUT2D eigenvalue weighted by Gasteiger charge is 2.19. The molecule has 714 valence electrons. The Balaban J connectivity index is 0.000000141. The molecule has 0 aliphatic carbocycles. The van der Waals surface area contributed by atoms with Crippen LogP contribution in [0, 0.1) is 161 Å².